The quantitative estimate of drug-likeness (QED) is 0.466. The van der Waals surface area contributed by atoms with Crippen molar-refractivity contribution in [2.24, 2.45) is 0 Å². The monoisotopic (exact) mass is 385 g/mol. The zero-order valence-corrected chi connectivity index (χ0v) is 16.4. The van der Waals surface area contributed by atoms with Crippen molar-refractivity contribution < 1.29 is 0 Å². The molecule has 0 aliphatic heterocycles. The molecule has 2 aromatic carbocycles. The van der Waals surface area contributed by atoms with E-state index in [1.165, 1.54) is 5.56 Å². The van der Waals surface area contributed by atoms with Crippen molar-refractivity contribution in [3.63, 3.8) is 0 Å². The van der Waals surface area contributed by atoms with Gasteiger partial charge in [0.25, 0.3) is 0 Å². The highest BCUT2D eigenvalue weighted by Crippen LogP contribution is 2.29. The molecule has 0 amide bonds. The lowest BCUT2D eigenvalue weighted by atomic mass is 9.98. The van der Waals surface area contributed by atoms with E-state index < -0.39 is 0 Å². The summed E-state index contributed by atoms with van der Waals surface area (Å²) in [6, 6.07) is 16.6. The predicted octanol–water partition coefficient (Wildman–Crippen LogP) is 3.85. The lowest BCUT2D eigenvalue weighted by molar-refractivity contribution is 0.589. The fourth-order valence-electron chi connectivity index (χ4n) is 3.30. The number of hydrogen-bond donors (Lipinski definition) is 1. The summed E-state index contributed by atoms with van der Waals surface area (Å²) in [5.74, 6) is 2.53. The van der Waals surface area contributed by atoms with E-state index in [1.54, 1.807) is 0 Å². The molecular formula is C22H23N7. The molecule has 0 aliphatic carbocycles. The van der Waals surface area contributed by atoms with Crippen LogP contribution in [0.25, 0.3) is 22.5 Å². The molecule has 2 heterocycles. The number of nitrogens with zero attached hydrogens (tertiary/aromatic N) is 6. The molecule has 4 rings (SSSR count). The van der Waals surface area contributed by atoms with Crippen molar-refractivity contribution in [1.29, 1.82) is 0 Å². The van der Waals surface area contributed by atoms with Crippen LogP contribution >= 0.6 is 0 Å². The molecule has 1 N–H and O–H groups in total. The maximum atomic E-state index is 4.70. The van der Waals surface area contributed by atoms with Crippen LogP contribution in [0.15, 0.2) is 61.2 Å². The molecule has 2 aromatic heterocycles. The summed E-state index contributed by atoms with van der Waals surface area (Å²) in [5, 5.41) is 18.9. The molecule has 0 aliphatic rings. The molecule has 0 saturated carbocycles. The predicted molar refractivity (Wildman–Crippen MR) is 112 cm³/mol. The summed E-state index contributed by atoms with van der Waals surface area (Å²) in [6.07, 6.45) is 4.37. The maximum Gasteiger partial charge on any atom is 0.180 e. The Kier molecular flexibility index (Phi) is 5.56. The van der Waals surface area contributed by atoms with E-state index in [0.29, 0.717) is 5.82 Å². The number of H-pyrrole nitrogens is 1. The van der Waals surface area contributed by atoms with Gasteiger partial charge >= 0.3 is 0 Å². The zero-order chi connectivity index (χ0) is 20.1. The van der Waals surface area contributed by atoms with E-state index in [4.69, 9.17) is 4.98 Å². The number of hydrogen-bond acceptors (Lipinski definition) is 5. The van der Waals surface area contributed by atoms with Crippen LogP contribution in [0.5, 0.6) is 0 Å². The van der Waals surface area contributed by atoms with Gasteiger partial charge in [0.15, 0.2) is 11.6 Å². The molecule has 0 atom stereocenters. The smallest absolute Gasteiger partial charge is 0.180 e. The van der Waals surface area contributed by atoms with Crippen molar-refractivity contribution in [2.75, 3.05) is 0 Å². The zero-order valence-electron chi connectivity index (χ0n) is 16.4. The van der Waals surface area contributed by atoms with Crippen LogP contribution in [0.1, 0.15) is 30.6 Å². The van der Waals surface area contributed by atoms with Crippen molar-refractivity contribution in [1.82, 2.24) is 35.4 Å². The van der Waals surface area contributed by atoms with E-state index in [1.807, 2.05) is 29.0 Å². The first kappa shape index (κ1) is 18.7. The Labute approximate surface area is 169 Å². The summed E-state index contributed by atoms with van der Waals surface area (Å²) in [6.45, 7) is 6.69. The van der Waals surface area contributed by atoms with Gasteiger partial charge in [0.05, 0.1) is 0 Å². The van der Waals surface area contributed by atoms with Crippen LogP contribution in [0.3, 0.4) is 0 Å². The van der Waals surface area contributed by atoms with Crippen LogP contribution in [-0.2, 0) is 19.4 Å². The van der Waals surface area contributed by atoms with Crippen molar-refractivity contribution >= 4 is 0 Å². The third-order valence-corrected chi connectivity index (χ3v) is 4.81. The Morgan fingerprint density at radius 2 is 1.86 bits per heavy atom. The summed E-state index contributed by atoms with van der Waals surface area (Å²) in [7, 11) is 0. The number of nitrogens with one attached hydrogen (secondary N) is 1. The fraction of sp³-hybridized carbons (Fsp3) is 0.227. The van der Waals surface area contributed by atoms with Crippen LogP contribution in [-0.4, -0.2) is 35.4 Å². The van der Waals surface area contributed by atoms with Gasteiger partial charge in [0.1, 0.15) is 5.82 Å². The Hall–Kier alpha value is -3.61. The largest absolute Gasteiger partial charge is 0.249 e. The molecule has 7 nitrogen and oxygen atoms in total. The average molecular weight is 385 g/mol. The van der Waals surface area contributed by atoms with Gasteiger partial charge in [-0.25, -0.2) is 14.8 Å². The molecule has 4 aromatic rings. The highest BCUT2D eigenvalue weighted by Gasteiger charge is 2.12. The highest BCUT2D eigenvalue weighted by atomic mass is 15.5. The Morgan fingerprint density at radius 3 is 2.55 bits per heavy atom. The van der Waals surface area contributed by atoms with Gasteiger partial charge in [-0.15, -0.1) is 11.7 Å². The Morgan fingerprint density at radius 1 is 1.07 bits per heavy atom. The number of tetrazole rings is 1. The first-order valence-electron chi connectivity index (χ1n) is 9.74. The Balaban J connectivity index is 1.59. The summed E-state index contributed by atoms with van der Waals surface area (Å²) in [5.41, 5.74) is 4.37. The van der Waals surface area contributed by atoms with E-state index in [-0.39, 0.29) is 0 Å². The molecule has 29 heavy (non-hydrogen) atoms. The minimum absolute atomic E-state index is 0.659. The van der Waals surface area contributed by atoms with Gasteiger partial charge in [-0.3, -0.25) is 0 Å². The van der Waals surface area contributed by atoms with Crippen LogP contribution in [0, 0.1) is 0 Å². The second-order valence-corrected chi connectivity index (χ2v) is 6.77. The van der Waals surface area contributed by atoms with Gasteiger partial charge in [0, 0.05) is 24.9 Å². The third-order valence-electron chi connectivity index (χ3n) is 4.81. The summed E-state index contributed by atoms with van der Waals surface area (Å²) >= 11 is 0. The van der Waals surface area contributed by atoms with Crippen LogP contribution in [0.2, 0.25) is 0 Å². The van der Waals surface area contributed by atoms with Gasteiger partial charge in [0.2, 0.25) is 0 Å². The number of benzene rings is 2. The Bertz CT molecular complexity index is 1080. The minimum Gasteiger partial charge on any atom is -0.249 e. The van der Waals surface area contributed by atoms with Crippen molar-refractivity contribution in [2.45, 2.75) is 32.7 Å². The number of rotatable bonds is 8. The molecule has 0 spiro atoms. The molecule has 146 valence electrons. The minimum atomic E-state index is 0.659. The fourth-order valence-corrected chi connectivity index (χ4v) is 3.30. The van der Waals surface area contributed by atoms with E-state index >= 15 is 0 Å². The second-order valence-electron chi connectivity index (χ2n) is 6.77. The molecule has 0 fully saturated rings. The van der Waals surface area contributed by atoms with Gasteiger partial charge in [-0.05, 0) is 33.5 Å². The number of aromatic nitrogens is 7. The molecule has 0 bridgehead atoms. The SMILES string of the molecule is C=CCCn1nc(CC)nc1Cc1ccc(-c2ccccc2-c2nnn[nH]2)cc1. The molecule has 0 unspecified atom stereocenters. The second kappa shape index (κ2) is 8.60. The van der Waals surface area contributed by atoms with Gasteiger partial charge in [-0.1, -0.05) is 61.5 Å². The van der Waals surface area contributed by atoms with E-state index in [0.717, 1.165) is 54.1 Å². The molecule has 7 heteroatoms. The lowest BCUT2D eigenvalue weighted by Crippen LogP contribution is -2.06. The van der Waals surface area contributed by atoms with Crippen LogP contribution in [0.4, 0.5) is 0 Å². The average Bonchev–Trinajstić information content (AvgIpc) is 3.43. The summed E-state index contributed by atoms with van der Waals surface area (Å²) in [4.78, 5) is 4.70. The molecular weight excluding hydrogens is 362 g/mol. The topological polar surface area (TPSA) is 85.2 Å². The first-order chi connectivity index (χ1) is 14.3. The van der Waals surface area contributed by atoms with Crippen molar-refractivity contribution in [3.8, 4) is 22.5 Å². The maximum absolute atomic E-state index is 4.70. The molecule has 0 radical (unpaired) electrons. The number of aromatic amines is 1. The van der Waals surface area contributed by atoms with Gasteiger partial charge < -0.3 is 0 Å². The summed E-state index contributed by atoms with van der Waals surface area (Å²) < 4.78 is 2.00. The number of allylic oxidation sites excluding steroid dienone is 1. The standard InChI is InChI=1S/C22H23N7/c1-3-5-14-29-21(23-20(4-2)26-29)15-16-10-12-17(13-11-16)18-8-6-7-9-19(18)22-24-27-28-25-22/h3,6-13H,1,4-5,14-15H2,2H3,(H,24,25,27,28). The van der Waals surface area contributed by atoms with Crippen LogP contribution < -0.4 is 0 Å². The van der Waals surface area contributed by atoms with Crippen molar-refractivity contribution in [3.05, 3.63) is 78.4 Å². The van der Waals surface area contributed by atoms with Gasteiger partial charge in [-0.2, -0.15) is 5.10 Å². The van der Waals surface area contributed by atoms with E-state index in [9.17, 15) is 0 Å². The normalized spacial score (nSPS) is 10.9. The first-order valence-corrected chi connectivity index (χ1v) is 9.74. The number of aryl methyl sites for hydroxylation is 2. The third kappa shape index (κ3) is 4.13. The highest BCUT2D eigenvalue weighted by molar-refractivity contribution is 5.80. The lowest BCUT2D eigenvalue weighted by Gasteiger charge is -2.09. The molecule has 0 saturated heterocycles. The van der Waals surface area contributed by atoms with E-state index in [2.05, 4.69) is 69.6 Å².